The molecule has 0 radical (unpaired) electrons. The topological polar surface area (TPSA) is 58.5 Å². The van der Waals surface area contributed by atoms with E-state index in [0.717, 1.165) is 22.0 Å². The van der Waals surface area contributed by atoms with Crippen LogP contribution in [0.15, 0.2) is 24.4 Å². The van der Waals surface area contributed by atoms with E-state index >= 15 is 0 Å². The summed E-state index contributed by atoms with van der Waals surface area (Å²) in [6.45, 7) is 7.27. The van der Waals surface area contributed by atoms with Crippen LogP contribution in [0.5, 0.6) is 5.75 Å². The molecular formula is C20H21F2N3O2S. The summed E-state index contributed by atoms with van der Waals surface area (Å²) in [4.78, 5) is 10.5. The summed E-state index contributed by atoms with van der Waals surface area (Å²) in [7, 11) is 0. The van der Waals surface area contributed by atoms with Crippen LogP contribution in [0.25, 0.3) is 10.2 Å². The average Bonchev–Trinajstić information content (AvgIpc) is 2.99. The lowest BCUT2D eigenvalue weighted by Gasteiger charge is -2.42. The highest BCUT2D eigenvalue weighted by molar-refractivity contribution is 7.18. The molecule has 4 rings (SSSR count). The molecule has 1 N–H and O–H groups in total. The van der Waals surface area contributed by atoms with Gasteiger partial charge < -0.3 is 9.84 Å². The molecule has 1 fully saturated rings. The first-order valence-electron chi connectivity index (χ1n) is 9.03. The summed E-state index contributed by atoms with van der Waals surface area (Å²) in [6, 6.07) is 3.78. The molecular weight excluding hydrogens is 384 g/mol. The molecule has 5 nitrogen and oxygen atoms in total. The largest absolute Gasteiger partial charge is 0.505 e. The van der Waals surface area contributed by atoms with Crippen LogP contribution in [-0.4, -0.2) is 45.3 Å². The second kappa shape index (κ2) is 7.02. The van der Waals surface area contributed by atoms with Gasteiger partial charge in [-0.2, -0.15) is 0 Å². The number of aromatic nitrogens is 2. The lowest BCUT2D eigenvalue weighted by atomic mass is 9.96. The number of thiazole rings is 1. The van der Waals surface area contributed by atoms with Crippen LogP contribution in [-0.2, 0) is 4.74 Å². The minimum atomic E-state index is -0.747. The molecule has 1 aromatic carbocycles. The first-order chi connectivity index (χ1) is 13.2. The summed E-state index contributed by atoms with van der Waals surface area (Å²) in [5.41, 5.74) is 0.610. The number of fused-ring (bicyclic) bond motifs is 1. The van der Waals surface area contributed by atoms with Crippen molar-refractivity contribution < 1.29 is 18.6 Å². The van der Waals surface area contributed by atoms with Gasteiger partial charge in [0.1, 0.15) is 22.9 Å². The zero-order valence-corrected chi connectivity index (χ0v) is 16.7. The summed E-state index contributed by atoms with van der Waals surface area (Å²) in [5.74, 6) is -1.48. The van der Waals surface area contributed by atoms with Crippen LogP contribution >= 0.6 is 11.3 Å². The van der Waals surface area contributed by atoms with Crippen LogP contribution in [0.4, 0.5) is 8.78 Å². The Kier molecular flexibility index (Phi) is 4.81. The molecule has 0 spiro atoms. The maximum absolute atomic E-state index is 14.7. The fourth-order valence-electron chi connectivity index (χ4n) is 3.74. The molecule has 1 aliphatic rings. The van der Waals surface area contributed by atoms with Gasteiger partial charge in [0.05, 0.1) is 39.8 Å². The van der Waals surface area contributed by atoms with E-state index in [0.29, 0.717) is 30.8 Å². The molecule has 148 valence electrons. The number of rotatable bonds is 3. The number of morpholine rings is 1. The van der Waals surface area contributed by atoms with E-state index < -0.39 is 23.3 Å². The van der Waals surface area contributed by atoms with Crippen LogP contribution in [0, 0.1) is 18.6 Å². The maximum Gasteiger partial charge on any atom is 0.149 e. The Morgan fingerprint density at radius 2 is 2.11 bits per heavy atom. The first kappa shape index (κ1) is 19.2. The zero-order valence-electron chi connectivity index (χ0n) is 15.9. The number of ether oxygens (including phenoxy) is 1. The predicted molar refractivity (Wildman–Crippen MR) is 104 cm³/mol. The van der Waals surface area contributed by atoms with E-state index in [1.165, 1.54) is 11.3 Å². The molecule has 0 amide bonds. The van der Waals surface area contributed by atoms with Crippen LogP contribution in [0.3, 0.4) is 0 Å². The van der Waals surface area contributed by atoms with Crippen molar-refractivity contribution in [3.05, 3.63) is 52.3 Å². The number of hydrogen-bond acceptors (Lipinski definition) is 6. The molecule has 0 bridgehead atoms. The molecule has 28 heavy (non-hydrogen) atoms. The van der Waals surface area contributed by atoms with Crippen molar-refractivity contribution in [3.63, 3.8) is 0 Å². The molecule has 3 heterocycles. The molecule has 1 saturated heterocycles. The summed E-state index contributed by atoms with van der Waals surface area (Å²) in [5, 5.41) is 11.8. The summed E-state index contributed by atoms with van der Waals surface area (Å²) in [6.07, 6.45) is 1.000. The fourth-order valence-corrected chi connectivity index (χ4v) is 4.57. The first-order valence-corrected chi connectivity index (χ1v) is 9.85. The average molecular weight is 405 g/mol. The second-order valence-corrected chi connectivity index (χ2v) is 8.82. The standard InChI is InChI=1S/C20H21F2N3O2S/c1-11-24-17-15(28-11)5-4-13(19(17)26)18(16-14(22)8-12(21)9-23-16)25-6-7-27-20(2,3)10-25/h4-5,8-9,18,26H,6-7,10H2,1-3H3. The zero-order chi connectivity index (χ0) is 20.1. The van der Waals surface area contributed by atoms with E-state index in [1.54, 1.807) is 6.07 Å². The van der Waals surface area contributed by atoms with Crippen LogP contribution in [0.1, 0.15) is 36.2 Å². The van der Waals surface area contributed by atoms with Crippen molar-refractivity contribution in [3.8, 4) is 5.75 Å². The number of phenolic OH excluding ortho intramolecular Hbond substituents is 1. The van der Waals surface area contributed by atoms with E-state index in [9.17, 15) is 13.9 Å². The van der Waals surface area contributed by atoms with Gasteiger partial charge in [-0.15, -0.1) is 11.3 Å². The molecule has 1 unspecified atom stereocenters. The van der Waals surface area contributed by atoms with Gasteiger partial charge >= 0.3 is 0 Å². The van der Waals surface area contributed by atoms with Gasteiger partial charge in [0, 0.05) is 24.7 Å². The Bertz CT molecular complexity index is 1040. The van der Waals surface area contributed by atoms with Gasteiger partial charge in [-0.3, -0.25) is 9.88 Å². The third-order valence-corrected chi connectivity index (χ3v) is 5.82. The van der Waals surface area contributed by atoms with E-state index in [1.807, 2.05) is 31.7 Å². The Hall–Kier alpha value is -2.16. The van der Waals surface area contributed by atoms with Gasteiger partial charge in [-0.1, -0.05) is 6.07 Å². The lowest BCUT2D eigenvalue weighted by Crippen LogP contribution is -2.50. The number of aryl methyl sites for hydroxylation is 1. The van der Waals surface area contributed by atoms with Gasteiger partial charge in [0.15, 0.2) is 0 Å². The third-order valence-electron chi connectivity index (χ3n) is 4.88. The van der Waals surface area contributed by atoms with Crippen molar-refractivity contribution in [2.75, 3.05) is 19.7 Å². The number of benzene rings is 1. The summed E-state index contributed by atoms with van der Waals surface area (Å²) >= 11 is 1.48. The smallest absolute Gasteiger partial charge is 0.149 e. The van der Waals surface area contributed by atoms with Gasteiger partial charge in [-0.05, 0) is 26.8 Å². The molecule has 2 aromatic heterocycles. The molecule has 0 saturated carbocycles. The molecule has 1 aliphatic heterocycles. The number of halogens is 2. The minimum Gasteiger partial charge on any atom is -0.505 e. The van der Waals surface area contributed by atoms with Crippen molar-refractivity contribution in [2.24, 2.45) is 0 Å². The quantitative estimate of drug-likeness (QED) is 0.708. The number of pyridine rings is 1. The van der Waals surface area contributed by atoms with Crippen molar-refractivity contribution in [1.82, 2.24) is 14.9 Å². The SMILES string of the molecule is Cc1nc2c(O)c(C(c3ncc(F)cc3F)N3CCOC(C)(C)C3)ccc2s1. The van der Waals surface area contributed by atoms with Gasteiger partial charge in [0.25, 0.3) is 0 Å². The third kappa shape index (κ3) is 3.47. The number of phenols is 1. The maximum atomic E-state index is 14.7. The summed E-state index contributed by atoms with van der Waals surface area (Å²) < 4.78 is 34.8. The van der Waals surface area contributed by atoms with Crippen molar-refractivity contribution in [1.29, 1.82) is 0 Å². The minimum absolute atomic E-state index is 0.00155. The van der Waals surface area contributed by atoms with Crippen molar-refractivity contribution >= 4 is 21.6 Å². The highest BCUT2D eigenvalue weighted by Crippen LogP contribution is 2.41. The van der Waals surface area contributed by atoms with Gasteiger partial charge in [0.2, 0.25) is 0 Å². The predicted octanol–water partition coefficient (Wildman–Crippen LogP) is 4.18. The Morgan fingerprint density at radius 3 is 2.82 bits per heavy atom. The fraction of sp³-hybridized carbons (Fsp3) is 0.400. The van der Waals surface area contributed by atoms with Crippen LogP contribution < -0.4 is 0 Å². The highest BCUT2D eigenvalue weighted by atomic mass is 32.1. The normalized spacial score (nSPS) is 18.5. The Labute approximate surface area is 165 Å². The Morgan fingerprint density at radius 1 is 1.32 bits per heavy atom. The lowest BCUT2D eigenvalue weighted by molar-refractivity contribution is -0.0944. The molecule has 1 atom stereocenters. The monoisotopic (exact) mass is 405 g/mol. The van der Waals surface area contributed by atoms with E-state index in [4.69, 9.17) is 4.74 Å². The molecule has 0 aliphatic carbocycles. The van der Waals surface area contributed by atoms with E-state index in [-0.39, 0.29) is 11.4 Å². The molecule has 8 heteroatoms. The second-order valence-electron chi connectivity index (χ2n) is 7.58. The Balaban J connectivity index is 1.89. The van der Waals surface area contributed by atoms with E-state index in [2.05, 4.69) is 9.97 Å². The number of hydrogen-bond donors (Lipinski definition) is 1. The highest BCUT2D eigenvalue weighted by Gasteiger charge is 2.36. The molecule has 3 aromatic rings. The van der Waals surface area contributed by atoms with Gasteiger partial charge in [-0.25, -0.2) is 13.8 Å². The van der Waals surface area contributed by atoms with Crippen molar-refractivity contribution in [2.45, 2.75) is 32.4 Å². The number of nitrogens with zero attached hydrogens (tertiary/aromatic N) is 3. The number of aromatic hydroxyl groups is 1. The van der Waals surface area contributed by atoms with Crippen LogP contribution in [0.2, 0.25) is 0 Å².